The number of amides is 3. The van der Waals surface area contributed by atoms with E-state index in [1.165, 1.54) is 0 Å². The topological polar surface area (TPSA) is 65.5 Å². The zero-order valence-corrected chi connectivity index (χ0v) is 14.8. The fourth-order valence-corrected chi connectivity index (χ4v) is 3.58. The lowest BCUT2D eigenvalue weighted by Crippen LogP contribution is -2.47. The van der Waals surface area contributed by atoms with E-state index in [1.54, 1.807) is 22.1 Å². The summed E-state index contributed by atoms with van der Waals surface area (Å²) in [4.78, 5) is 33.5. The van der Waals surface area contributed by atoms with Gasteiger partial charge in [-0.2, -0.15) is 0 Å². The van der Waals surface area contributed by atoms with Gasteiger partial charge in [-0.3, -0.25) is 14.7 Å². The monoisotopic (exact) mass is 360 g/mol. The van der Waals surface area contributed by atoms with Gasteiger partial charge in [0.1, 0.15) is 0 Å². The first-order chi connectivity index (χ1) is 13.2. The maximum atomic E-state index is 13.2. The summed E-state index contributed by atoms with van der Waals surface area (Å²) in [7, 11) is 0. The second-order valence-electron chi connectivity index (χ2n) is 6.54. The van der Waals surface area contributed by atoms with Crippen LogP contribution in [0.15, 0.2) is 78.7 Å². The molecule has 0 aliphatic carbocycles. The Bertz CT molecular complexity index is 908. The van der Waals surface area contributed by atoms with Crippen molar-refractivity contribution in [2.24, 2.45) is 0 Å². The zero-order valence-electron chi connectivity index (χ0n) is 14.8. The number of benzene rings is 1. The van der Waals surface area contributed by atoms with E-state index in [9.17, 15) is 9.59 Å². The summed E-state index contributed by atoms with van der Waals surface area (Å²) in [6.07, 6.45) is 3.38. The molecule has 6 nitrogen and oxygen atoms in total. The number of urea groups is 1. The zero-order chi connectivity index (χ0) is 18.8. The molecule has 0 fully saturated rings. The van der Waals surface area contributed by atoms with Gasteiger partial charge in [0.05, 0.1) is 36.1 Å². The van der Waals surface area contributed by atoms with Gasteiger partial charge in [-0.25, -0.2) is 4.79 Å². The van der Waals surface area contributed by atoms with Gasteiger partial charge in [0.15, 0.2) is 0 Å². The standard InChI is InChI=1S/C21H20N4O2/c1-2-12-25-17-14-24(13-16-10-6-7-11-22-16)20(26)18(17)19(23-21(25)27)15-8-4-3-5-9-15/h2-11,19H,1,12-14H2,(H,23,27). The predicted octanol–water partition coefficient (Wildman–Crippen LogP) is 2.63. The van der Waals surface area contributed by atoms with E-state index < -0.39 is 6.04 Å². The summed E-state index contributed by atoms with van der Waals surface area (Å²) < 4.78 is 0. The van der Waals surface area contributed by atoms with Crippen LogP contribution in [0.1, 0.15) is 17.3 Å². The Balaban J connectivity index is 1.70. The molecule has 2 aromatic rings. The normalized spacial score (nSPS) is 19.2. The molecule has 4 rings (SSSR count). The molecule has 1 atom stereocenters. The molecule has 2 aliphatic heterocycles. The summed E-state index contributed by atoms with van der Waals surface area (Å²) in [5, 5.41) is 2.97. The molecular weight excluding hydrogens is 340 g/mol. The Morgan fingerprint density at radius 3 is 2.63 bits per heavy atom. The number of nitrogens with zero attached hydrogens (tertiary/aromatic N) is 3. The van der Waals surface area contributed by atoms with Crippen molar-refractivity contribution in [1.29, 1.82) is 0 Å². The van der Waals surface area contributed by atoms with Crippen LogP contribution in [0.3, 0.4) is 0 Å². The highest BCUT2D eigenvalue weighted by Gasteiger charge is 2.43. The molecule has 1 unspecified atom stereocenters. The molecule has 0 saturated carbocycles. The maximum Gasteiger partial charge on any atom is 0.322 e. The van der Waals surface area contributed by atoms with Gasteiger partial charge in [0.2, 0.25) is 0 Å². The number of nitrogens with one attached hydrogen (secondary N) is 1. The van der Waals surface area contributed by atoms with Crippen LogP contribution in [0.25, 0.3) is 0 Å². The molecule has 0 radical (unpaired) electrons. The van der Waals surface area contributed by atoms with Crippen molar-refractivity contribution in [2.75, 3.05) is 13.1 Å². The van der Waals surface area contributed by atoms with Gasteiger partial charge < -0.3 is 10.2 Å². The maximum absolute atomic E-state index is 13.2. The molecule has 2 aliphatic rings. The minimum atomic E-state index is -0.448. The summed E-state index contributed by atoms with van der Waals surface area (Å²) in [5.41, 5.74) is 3.08. The average Bonchev–Trinajstić information content (AvgIpc) is 3.02. The molecule has 1 aromatic heterocycles. The van der Waals surface area contributed by atoms with Gasteiger partial charge in [-0.05, 0) is 17.7 Å². The van der Waals surface area contributed by atoms with Crippen LogP contribution in [0.5, 0.6) is 0 Å². The lowest BCUT2D eigenvalue weighted by Gasteiger charge is -2.33. The first kappa shape index (κ1) is 17.0. The highest BCUT2D eigenvalue weighted by atomic mass is 16.2. The van der Waals surface area contributed by atoms with Gasteiger partial charge in [0, 0.05) is 12.7 Å². The van der Waals surface area contributed by atoms with Crippen LogP contribution in [-0.2, 0) is 11.3 Å². The van der Waals surface area contributed by atoms with Crippen LogP contribution < -0.4 is 5.32 Å². The van der Waals surface area contributed by atoms with Gasteiger partial charge in [0.25, 0.3) is 5.91 Å². The minimum Gasteiger partial charge on any atom is -0.327 e. The van der Waals surface area contributed by atoms with Gasteiger partial charge >= 0.3 is 6.03 Å². The first-order valence-electron chi connectivity index (χ1n) is 8.85. The third kappa shape index (κ3) is 3.10. The number of hydrogen-bond acceptors (Lipinski definition) is 3. The third-order valence-corrected chi connectivity index (χ3v) is 4.82. The molecule has 6 heteroatoms. The lowest BCUT2D eigenvalue weighted by atomic mass is 9.95. The second-order valence-corrected chi connectivity index (χ2v) is 6.54. The Morgan fingerprint density at radius 2 is 1.93 bits per heavy atom. The number of carbonyl (C=O) groups excluding carboxylic acids is 2. The molecule has 0 bridgehead atoms. The van der Waals surface area contributed by atoms with Gasteiger partial charge in [-0.15, -0.1) is 6.58 Å². The van der Waals surface area contributed by atoms with Crippen molar-refractivity contribution in [1.82, 2.24) is 20.1 Å². The highest BCUT2D eigenvalue weighted by molar-refractivity contribution is 6.01. The Hall–Kier alpha value is -3.41. The third-order valence-electron chi connectivity index (χ3n) is 4.82. The largest absolute Gasteiger partial charge is 0.327 e. The summed E-state index contributed by atoms with van der Waals surface area (Å²) in [6.45, 7) is 4.88. The van der Waals surface area contributed by atoms with Crippen LogP contribution >= 0.6 is 0 Å². The van der Waals surface area contributed by atoms with E-state index in [-0.39, 0.29) is 11.9 Å². The lowest BCUT2D eigenvalue weighted by molar-refractivity contribution is -0.126. The van der Waals surface area contributed by atoms with Crippen molar-refractivity contribution in [3.8, 4) is 0 Å². The quantitative estimate of drug-likeness (QED) is 0.834. The molecule has 3 amide bonds. The van der Waals surface area contributed by atoms with E-state index >= 15 is 0 Å². The predicted molar refractivity (Wildman–Crippen MR) is 101 cm³/mol. The molecule has 27 heavy (non-hydrogen) atoms. The molecule has 1 aromatic carbocycles. The fraction of sp³-hybridized carbons (Fsp3) is 0.190. The molecule has 1 N–H and O–H groups in total. The van der Waals surface area contributed by atoms with Crippen LogP contribution in [0, 0.1) is 0 Å². The second kappa shape index (κ2) is 7.07. The van der Waals surface area contributed by atoms with Crippen molar-refractivity contribution in [3.05, 3.63) is 89.9 Å². The molecule has 0 saturated heterocycles. The van der Waals surface area contributed by atoms with Crippen LogP contribution in [-0.4, -0.2) is 39.8 Å². The van der Waals surface area contributed by atoms with E-state index in [2.05, 4.69) is 16.9 Å². The average molecular weight is 360 g/mol. The molecule has 136 valence electrons. The van der Waals surface area contributed by atoms with Gasteiger partial charge in [-0.1, -0.05) is 42.5 Å². The van der Waals surface area contributed by atoms with E-state index in [1.807, 2.05) is 48.5 Å². The SMILES string of the molecule is C=CCN1C(=O)NC(c2ccccc2)C2=C1CN(Cc1ccccn1)C2=O. The highest BCUT2D eigenvalue weighted by Crippen LogP contribution is 2.36. The molecule has 3 heterocycles. The number of hydrogen-bond donors (Lipinski definition) is 1. The van der Waals surface area contributed by atoms with E-state index in [4.69, 9.17) is 0 Å². The smallest absolute Gasteiger partial charge is 0.322 e. The van der Waals surface area contributed by atoms with Crippen LogP contribution in [0.2, 0.25) is 0 Å². The van der Waals surface area contributed by atoms with Crippen molar-refractivity contribution >= 4 is 11.9 Å². The summed E-state index contributed by atoms with van der Waals surface area (Å²) in [6, 6.07) is 14.6. The number of rotatable bonds is 5. The summed E-state index contributed by atoms with van der Waals surface area (Å²) in [5.74, 6) is -0.0708. The van der Waals surface area contributed by atoms with E-state index in [0.717, 1.165) is 17.0 Å². The summed E-state index contributed by atoms with van der Waals surface area (Å²) >= 11 is 0. The Labute approximate surface area is 157 Å². The number of carbonyl (C=O) groups is 2. The Morgan fingerprint density at radius 1 is 1.15 bits per heavy atom. The number of aromatic nitrogens is 1. The number of pyridine rings is 1. The molecular formula is C21H20N4O2. The van der Waals surface area contributed by atoms with Crippen molar-refractivity contribution in [3.63, 3.8) is 0 Å². The van der Waals surface area contributed by atoms with Crippen molar-refractivity contribution < 1.29 is 9.59 Å². The molecule has 0 spiro atoms. The van der Waals surface area contributed by atoms with E-state index in [0.29, 0.717) is 25.2 Å². The Kier molecular flexibility index (Phi) is 4.46. The van der Waals surface area contributed by atoms with Crippen molar-refractivity contribution in [2.45, 2.75) is 12.6 Å². The minimum absolute atomic E-state index is 0.0708. The first-order valence-corrected chi connectivity index (χ1v) is 8.85. The van der Waals surface area contributed by atoms with Crippen LogP contribution in [0.4, 0.5) is 4.79 Å². The fourth-order valence-electron chi connectivity index (χ4n) is 3.58.